The van der Waals surface area contributed by atoms with Crippen molar-refractivity contribution in [1.82, 2.24) is 4.90 Å². The van der Waals surface area contributed by atoms with E-state index in [0.717, 1.165) is 4.90 Å². The smallest absolute Gasteiger partial charge is 0.445 e. The van der Waals surface area contributed by atoms with Gasteiger partial charge in [-0.05, 0) is 37.3 Å². The molecule has 1 atom stereocenters. The molecule has 1 aromatic rings. The largest absolute Gasteiger partial charge is 0.462 e. The molecule has 1 unspecified atom stereocenters. The highest BCUT2D eigenvalue weighted by Crippen LogP contribution is 2.31. The fourth-order valence-corrected chi connectivity index (χ4v) is 3.89. The molecule has 9 nitrogen and oxygen atoms in total. The topological polar surface area (TPSA) is 108 Å². The number of rotatable bonds is 6. The van der Waals surface area contributed by atoms with Gasteiger partial charge in [0.15, 0.2) is 5.92 Å². The van der Waals surface area contributed by atoms with Crippen LogP contribution in [0.25, 0.3) is 0 Å². The van der Waals surface area contributed by atoms with Crippen LogP contribution in [0.5, 0.6) is 0 Å². The molecular formula is C20H21N4O5S+. The van der Waals surface area contributed by atoms with E-state index in [2.05, 4.69) is 10.3 Å². The van der Waals surface area contributed by atoms with Gasteiger partial charge >= 0.3 is 17.9 Å². The monoisotopic (exact) mass is 429 g/mol. The molecule has 1 N–H and O–H groups in total. The molecular weight excluding hydrogens is 408 g/mol. The highest BCUT2D eigenvalue weighted by atomic mass is 32.2. The number of urea groups is 1. The Balaban J connectivity index is 1.63. The summed E-state index contributed by atoms with van der Waals surface area (Å²) >= 11 is 1.21. The van der Waals surface area contributed by atoms with Gasteiger partial charge in [-0.1, -0.05) is 0 Å². The molecule has 0 aliphatic carbocycles. The second kappa shape index (κ2) is 9.04. The maximum Gasteiger partial charge on any atom is 0.445 e. The molecule has 0 saturated heterocycles. The van der Waals surface area contributed by atoms with Crippen LogP contribution in [-0.4, -0.2) is 71.8 Å². The minimum absolute atomic E-state index is 0.0672. The van der Waals surface area contributed by atoms with Crippen molar-refractivity contribution in [3.8, 4) is 0 Å². The number of anilines is 1. The number of nitrogens with zero attached hydrogens (tertiary/aromatic N) is 3. The number of carbonyl (C=O) groups is 4. The zero-order valence-corrected chi connectivity index (χ0v) is 17.6. The van der Waals surface area contributed by atoms with Crippen LogP contribution in [-0.2, 0) is 14.3 Å². The van der Waals surface area contributed by atoms with Gasteiger partial charge in [-0.2, -0.15) is 9.48 Å². The number of amidine groups is 1. The normalized spacial score (nSPS) is 18.2. The lowest BCUT2D eigenvalue weighted by Crippen LogP contribution is -2.52. The average Bonchev–Trinajstić information content (AvgIpc) is 2.75. The van der Waals surface area contributed by atoms with Gasteiger partial charge in [0.1, 0.15) is 6.21 Å². The lowest BCUT2D eigenvalue weighted by molar-refractivity contribution is -0.407. The SMILES string of the molecule is CCOC(=O)c1ccc(NC(=O)CSC2=CC=NC3=[N+](C)C(=O)N(C)C(=O)C23)cc1. The molecule has 2 heterocycles. The van der Waals surface area contributed by atoms with E-state index in [0.29, 0.717) is 22.0 Å². The predicted molar refractivity (Wildman–Crippen MR) is 113 cm³/mol. The number of thioether (sulfide) groups is 1. The number of imide groups is 1. The summed E-state index contributed by atoms with van der Waals surface area (Å²) in [4.78, 5) is 54.6. The number of benzene rings is 1. The molecule has 156 valence electrons. The van der Waals surface area contributed by atoms with Crippen molar-refractivity contribution in [2.75, 3.05) is 31.8 Å². The van der Waals surface area contributed by atoms with E-state index in [1.807, 2.05) is 0 Å². The molecule has 30 heavy (non-hydrogen) atoms. The summed E-state index contributed by atoms with van der Waals surface area (Å²) in [6, 6.07) is 5.94. The Labute approximate surface area is 177 Å². The van der Waals surface area contributed by atoms with Crippen LogP contribution in [0.2, 0.25) is 0 Å². The second-order valence-corrected chi connectivity index (χ2v) is 7.56. The van der Waals surface area contributed by atoms with Crippen LogP contribution >= 0.6 is 11.8 Å². The highest BCUT2D eigenvalue weighted by molar-refractivity contribution is 8.03. The number of aliphatic imine (C=N–C) groups is 1. The fraction of sp³-hybridized carbons (Fsp3) is 0.300. The maximum atomic E-state index is 12.6. The van der Waals surface area contributed by atoms with Gasteiger partial charge in [0.05, 0.1) is 32.0 Å². The van der Waals surface area contributed by atoms with E-state index < -0.39 is 17.9 Å². The number of esters is 1. The molecule has 3 rings (SSSR count). The van der Waals surface area contributed by atoms with Crippen molar-refractivity contribution in [3.05, 3.63) is 40.8 Å². The van der Waals surface area contributed by atoms with E-state index >= 15 is 0 Å². The van der Waals surface area contributed by atoms with Crippen LogP contribution in [0.4, 0.5) is 10.5 Å². The summed E-state index contributed by atoms with van der Waals surface area (Å²) in [5, 5.41) is 2.75. The molecule has 0 saturated carbocycles. The third kappa shape index (κ3) is 4.33. The van der Waals surface area contributed by atoms with Crippen LogP contribution in [0, 0.1) is 5.92 Å². The summed E-state index contributed by atoms with van der Waals surface area (Å²) in [6.45, 7) is 2.02. The second-order valence-electron chi connectivity index (χ2n) is 6.51. The predicted octanol–water partition coefficient (Wildman–Crippen LogP) is 1.75. The molecule has 0 radical (unpaired) electrons. The first kappa shape index (κ1) is 21.4. The molecule has 4 amide bonds. The van der Waals surface area contributed by atoms with Gasteiger partial charge in [-0.3, -0.25) is 9.59 Å². The van der Waals surface area contributed by atoms with Crippen molar-refractivity contribution >= 4 is 53.3 Å². The number of carbonyl (C=O) groups excluding carboxylic acids is 4. The van der Waals surface area contributed by atoms with Crippen molar-refractivity contribution in [3.63, 3.8) is 0 Å². The Kier molecular flexibility index (Phi) is 6.46. The van der Waals surface area contributed by atoms with Gasteiger partial charge in [-0.15, -0.1) is 16.8 Å². The molecule has 0 spiro atoms. The Morgan fingerprint density at radius 2 is 1.97 bits per heavy atom. The van der Waals surface area contributed by atoms with E-state index in [9.17, 15) is 19.2 Å². The molecule has 0 bridgehead atoms. The minimum Gasteiger partial charge on any atom is -0.462 e. The minimum atomic E-state index is -0.704. The third-order valence-corrected chi connectivity index (χ3v) is 5.64. The number of allylic oxidation sites excluding steroid dienone is 1. The number of nitrogens with one attached hydrogen (secondary N) is 1. The first-order valence-electron chi connectivity index (χ1n) is 9.19. The first-order chi connectivity index (χ1) is 14.3. The molecule has 1 aromatic carbocycles. The molecule has 2 aliphatic rings. The van der Waals surface area contributed by atoms with Gasteiger partial charge in [0, 0.05) is 10.6 Å². The summed E-state index contributed by atoms with van der Waals surface area (Å²) in [7, 11) is 2.98. The first-order valence-corrected chi connectivity index (χ1v) is 10.2. The average molecular weight is 429 g/mol. The Bertz CT molecular complexity index is 997. The van der Waals surface area contributed by atoms with Gasteiger partial charge in [-0.25, -0.2) is 9.59 Å². The number of dihydropyridines is 1. The van der Waals surface area contributed by atoms with Crippen molar-refractivity contribution in [1.29, 1.82) is 0 Å². The van der Waals surface area contributed by atoms with Crippen LogP contribution in [0.1, 0.15) is 17.3 Å². The number of ether oxygens (including phenoxy) is 1. The lowest BCUT2D eigenvalue weighted by Gasteiger charge is -2.26. The number of fused-ring (bicyclic) bond motifs is 1. The van der Waals surface area contributed by atoms with Crippen molar-refractivity contribution in [2.24, 2.45) is 10.9 Å². The molecule has 10 heteroatoms. The standard InChI is InChI=1S/C20H20N4O5S/c1-4-29-19(27)12-5-7-13(8-6-12)22-15(25)11-30-14-9-10-21-17-16(14)18(26)24(3)20(28)23(17)2/h5-10,16H,4,11H2,1-3H3/p+1. The Morgan fingerprint density at radius 1 is 1.27 bits per heavy atom. The van der Waals surface area contributed by atoms with Crippen molar-refractivity contribution < 1.29 is 28.5 Å². The van der Waals surface area contributed by atoms with Crippen LogP contribution in [0.15, 0.2) is 40.2 Å². The van der Waals surface area contributed by atoms with E-state index in [1.165, 1.54) is 29.6 Å². The number of hydrogen-bond donors (Lipinski definition) is 1. The maximum absolute atomic E-state index is 12.6. The zero-order chi connectivity index (χ0) is 21.8. The zero-order valence-electron chi connectivity index (χ0n) is 16.7. The van der Waals surface area contributed by atoms with Crippen LogP contribution < -0.4 is 5.32 Å². The van der Waals surface area contributed by atoms with Crippen molar-refractivity contribution in [2.45, 2.75) is 6.92 Å². The molecule has 0 fully saturated rings. The Hall–Kier alpha value is -3.27. The summed E-state index contributed by atoms with van der Waals surface area (Å²) in [5.74, 6) is -1.35. The Morgan fingerprint density at radius 3 is 2.63 bits per heavy atom. The van der Waals surface area contributed by atoms with Gasteiger partial charge in [0.25, 0.3) is 5.84 Å². The number of amides is 4. The summed E-state index contributed by atoms with van der Waals surface area (Å²) in [6.07, 6.45) is 3.19. The van der Waals surface area contributed by atoms with Gasteiger partial charge in [0.2, 0.25) is 5.91 Å². The third-order valence-electron chi connectivity index (χ3n) is 4.53. The van der Waals surface area contributed by atoms with E-state index in [-0.39, 0.29) is 24.2 Å². The summed E-state index contributed by atoms with van der Waals surface area (Å²) in [5.41, 5.74) is 0.941. The quantitative estimate of drug-likeness (QED) is 0.545. The highest BCUT2D eigenvalue weighted by Gasteiger charge is 2.47. The van der Waals surface area contributed by atoms with Crippen LogP contribution in [0.3, 0.4) is 0 Å². The molecule has 0 aromatic heterocycles. The molecule has 2 aliphatic heterocycles. The fourth-order valence-electron chi connectivity index (χ4n) is 2.99. The lowest BCUT2D eigenvalue weighted by atomic mass is 10.0. The number of hydrogen-bond acceptors (Lipinski definition) is 7. The summed E-state index contributed by atoms with van der Waals surface area (Å²) < 4.78 is 6.26. The van der Waals surface area contributed by atoms with Gasteiger partial charge < -0.3 is 10.1 Å². The van der Waals surface area contributed by atoms with E-state index in [1.54, 1.807) is 44.3 Å². The van der Waals surface area contributed by atoms with E-state index in [4.69, 9.17) is 4.74 Å².